The molecule has 8 rings (SSSR count). The van der Waals surface area contributed by atoms with Gasteiger partial charge in [-0.05, 0) is 111 Å². The van der Waals surface area contributed by atoms with Gasteiger partial charge in [0.15, 0.2) is 23.0 Å². The van der Waals surface area contributed by atoms with Gasteiger partial charge in [0.05, 0.1) is 23.5 Å². The number of imide groups is 1. The zero-order valence-electron chi connectivity index (χ0n) is 40.0. The lowest BCUT2D eigenvalue weighted by molar-refractivity contribution is -0.125. The number of ether oxygens (including phenoxy) is 2. The maximum absolute atomic E-state index is 13.4. The lowest BCUT2D eigenvalue weighted by Crippen LogP contribution is -2.31. The Bertz CT molecular complexity index is 3160. The number of benzene rings is 5. The van der Waals surface area contributed by atoms with Crippen molar-refractivity contribution >= 4 is 68.4 Å². The molecular weight excluding hydrogens is 949 g/mol. The third-order valence-corrected chi connectivity index (χ3v) is 12.2. The summed E-state index contributed by atoms with van der Waals surface area (Å²) in [5, 5.41) is 17.7. The van der Waals surface area contributed by atoms with Gasteiger partial charge in [0.2, 0.25) is 5.91 Å². The zero-order valence-corrected chi connectivity index (χ0v) is 41.6. The highest BCUT2D eigenvalue weighted by Gasteiger charge is 2.21. The summed E-state index contributed by atoms with van der Waals surface area (Å²) in [4.78, 5) is 41.8. The Hall–Kier alpha value is -7.91. The average Bonchev–Trinajstić information content (AvgIpc) is 4.09. The maximum Gasteiger partial charge on any atom is 0.343 e. The summed E-state index contributed by atoms with van der Waals surface area (Å²) < 4.78 is 56.4. The Morgan fingerprint density at radius 3 is 2.08 bits per heavy atom. The van der Waals surface area contributed by atoms with E-state index in [1.807, 2.05) is 57.2 Å². The van der Waals surface area contributed by atoms with Crippen molar-refractivity contribution in [2.75, 3.05) is 23.1 Å². The van der Waals surface area contributed by atoms with E-state index in [1.54, 1.807) is 66.7 Å². The van der Waals surface area contributed by atoms with Gasteiger partial charge in [0.25, 0.3) is 5.91 Å². The molecule has 0 fully saturated rings. The quantitative estimate of drug-likeness (QED) is 0.0317. The summed E-state index contributed by atoms with van der Waals surface area (Å²) in [5.41, 5.74) is 6.01. The predicted octanol–water partition coefficient (Wildman–Crippen LogP) is 9.32. The second-order valence-electron chi connectivity index (χ2n) is 16.5. The van der Waals surface area contributed by atoms with Gasteiger partial charge in [0.1, 0.15) is 28.2 Å². The number of para-hydroxylation sites is 1. The molecule has 0 saturated carbocycles. The minimum absolute atomic E-state index is 0.125. The lowest BCUT2D eigenvalue weighted by atomic mass is 10.1. The number of carbonyl (C=O) groups is 3. The van der Waals surface area contributed by atoms with Gasteiger partial charge >= 0.3 is 28.5 Å². The van der Waals surface area contributed by atoms with Crippen molar-refractivity contribution < 1.29 is 40.6 Å². The van der Waals surface area contributed by atoms with Crippen molar-refractivity contribution in [1.82, 2.24) is 40.1 Å². The number of nitrogens with zero attached hydrogens (tertiary/aromatic N) is 6. The van der Waals surface area contributed by atoms with Crippen LogP contribution in [0.2, 0.25) is 0 Å². The van der Waals surface area contributed by atoms with Gasteiger partial charge in [-0.3, -0.25) is 29.0 Å². The minimum atomic E-state index is -2.09. The van der Waals surface area contributed by atoms with Crippen molar-refractivity contribution in [3.05, 3.63) is 137 Å². The van der Waals surface area contributed by atoms with Gasteiger partial charge in [-0.25, -0.2) is 9.78 Å². The number of aryl methyl sites for hydroxylation is 3. The van der Waals surface area contributed by atoms with E-state index >= 15 is 0 Å². The van der Waals surface area contributed by atoms with Crippen molar-refractivity contribution in [3.8, 4) is 34.4 Å². The van der Waals surface area contributed by atoms with Crippen LogP contribution in [0.15, 0.2) is 109 Å². The number of fused-ring (bicyclic) bond motifs is 2. The number of carbonyl (C=O) groups excluding carboxylic acids is 3. The monoisotopic (exact) mass is 1000 g/mol. The van der Waals surface area contributed by atoms with E-state index in [4.69, 9.17) is 17.8 Å². The molecule has 71 heavy (non-hydrogen) atoms. The van der Waals surface area contributed by atoms with Gasteiger partial charge in [-0.15, -0.1) is 5.10 Å². The Morgan fingerprint density at radius 1 is 0.718 bits per heavy atom. The Balaban J connectivity index is 0.000000341. The number of aromatic amines is 2. The van der Waals surface area contributed by atoms with Gasteiger partial charge in [0, 0.05) is 25.6 Å². The maximum atomic E-state index is 13.4. The molecule has 3 heterocycles. The first kappa shape index (κ1) is 51.0. The molecule has 370 valence electrons. The normalized spacial score (nSPS) is 11.8. The molecule has 0 bridgehead atoms. The van der Waals surface area contributed by atoms with E-state index in [0.29, 0.717) is 68.8 Å². The number of unbranched alkanes of at least 4 members (excludes halogenated alkanes) is 5. The van der Waals surface area contributed by atoms with Gasteiger partial charge in [-0.1, -0.05) is 75.4 Å². The number of esters is 1. The summed E-state index contributed by atoms with van der Waals surface area (Å²) >= 11 is -4.10. The van der Waals surface area contributed by atoms with E-state index in [0.717, 1.165) is 40.9 Å². The Morgan fingerprint density at radius 2 is 1.38 bits per heavy atom. The molecule has 0 saturated heterocycles. The molecule has 0 aliphatic heterocycles. The molecule has 2 amide bonds. The predicted molar refractivity (Wildman–Crippen MR) is 272 cm³/mol. The molecule has 2 atom stereocenters. The molecule has 0 radical (unpaired) electrons. The SMILES string of the molecule is CCCCCCCCOc1ccc(C)cc1OS(=O)Nc1cc(NS(=O)Oc2cc(C)ccc2C)cc(-c2nc3cc(C(=O)N(C)C(C)=O)[nH]n3n2)c1.O=C(Oc1ccccc1)c1ccc2n[nH]nc2c1. The van der Waals surface area contributed by atoms with Gasteiger partial charge < -0.3 is 17.8 Å². The standard InChI is InChI=1S/C37H45N7O7S2.C13H9N3O2/c1-7-8-9-10-11-12-17-49-32-16-14-25(3)19-34(32)51-53(48)42-30-21-28(20-29(22-30)41-52(47)50-33-18-24(2)13-15-26(33)4)36-38-35-23-31(39-44(35)40-36)37(46)43(6)27(5)45;17-13(18-10-4-2-1-3-5-10)9-6-7-11-12(8-9)15-16-14-11/h13-16,18-23,39,41-42H,7-12,17H2,1-6H3;1-8H,(H,14,15,16). The van der Waals surface area contributed by atoms with Crippen molar-refractivity contribution in [2.24, 2.45) is 0 Å². The third-order valence-electron chi connectivity index (χ3n) is 10.8. The highest BCUT2D eigenvalue weighted by molar-refractivity contribution is 7.82. The van der Waals surface area contributed by atoms with E-state index in [1.165, 1.54) is 43.9 Å². The van der Waals surface area contributed by atoms with E-state index in [-0.39, 0.29) is 11.5 Å². The van der Waals surface area contributed by atoms with Crippen LogP contribution >= 0.6 is 0 Å². The number of rotatable bonds is 20. The van der Waals surface area contributed by atoms with Crippen LogP contribution in [0.3, 0.4) is 0 Å². The molecule has 2 unspecified atom stereocenters. The lowest BCUT2D eigenvalue weighted by Gasteiger charge is -2.15. The van der Waals surface area contributed by atoms with Crippen molar-refractivity contribution in [1.29, 1.82) is 0 Å². The Kier molecular flexibility index (Phi) is 17.3. The van der Waals surface area contributed by atoms with Crippen molar-refractivity contribution in [3.63, 3.8) is 0 Å². The van der Waals surface area contributed by atoms with Gasteiger partial charge in [-0.2, -0.15) is 28.5 Å². The fourth-order valence-corrected chi connectivity index (χ4v) is 8.23. The van der Waals surface area contributed by atoms with Crippen LogP contribution in [0.25, 0.3) is 28.1 Å². The van der Waals surface area contributed by atoms with Crippen LogP contribution in [0.4, 0.5) is 11.4 Å². The van der Waals surface area contributed by atoms with E-state index < -0.39 is 40.3 Å². The first-order valence-electron chi connectivity index (χ1n) is 22.7. The van der Waals surface area contributed by atoms with E-state index in [9.17, 15) is 22.8 Å². The average molecular weight is 1000 g/mol. The molecule has 21 heteroatoms. The molecule has 3 aromatic heterocycles. The summed E-state index contributed by atoms with van der Waals surface area (Å²) in [5.74, 6) is 0.650. The molecule has 0 aliphatic carbocycles. The molecule has 0 spiro atoms. The first-order chi connectivity index (χ1) is 34.2. The van der Waals surface area contributed by atoms with Crippen LogP contribution in [-0.4, -0.2) is 80.0 Å². The summed E-state index contributed by atoms with van der Waals surface area (Å²) in [6.07, 6.45) is 6.77. The Labute approximate surface area is 415 Å². The summed E-state index contributed by atoms with van der Waals surface area (Å²) in [6.45, 7) is 9.66. The third kappa shape index (κ3) is 14.1. The minimum Gasteiger partial charge on any atom is -0.490 e. The van der Waals surface area contributed by atoms with E-state index in [2.05, 4.69) is 47.0 Å². The number of hydrogen-bond donors (Lipinski definition) is 4. The summed E-state index contributed by atoms with van der Waals surface area (Å²) in [6, 6.07) is 31.4. The second-order valence-corrected chi connectivity index (χ2v) is 18.1. The van der Waals surface area contributed by atoms with Crippen LogP contribution < -0.4 is 27.3 Å². The van der Waals surface area contributed by atoms with Crippen molar-refractivity contribution in [2.45, 2.75) is 73.1 Å². The number of H-pyrrole nitrogens is 2. The molecule has 4 N–H and O–H groups in total. The number of anilines is 2. The number of amides is 2. The number of hydrogen-bond acceptors (Lipinski definition) is 13. The van der Waals surface area contributed by atoms with Crippen LogP contribution in [-0.2, 0) is 27.3 Å². The number of nitrogens with one attached hydrogen (secondary N) is 4. The van der Waals surface area contributed by atoms with Crippen LogP contribution in [0.1, 0.15) is 89.9 Å². The topological polar surface area (TPSA) is 237 Å². The molecule has 5 aromatic carbocycles. The largest absolute Gasteiger partial charge is 0.490 e. The fourth-order valence-electron chi connectivity index (χ4n) is 6.89. The first-order valence-corrected chi connectivity index (χ1v) is 24.9. The molecule has 19 nitrogen and oxygen atoms in total. The molecule has 8 aromatic rings. The van der Waals surface area contributed by atoms with Crippen LogP contribution in [0, 0.1) is 20.8 Å². The highest BCUT2D eigenvalue weighted by atomic mass is 32.2. The fraction of sp³-hybridized carbons (Fsp3) is 0.260. The summed E-state index contributed by atoms with van der Waals surface area (Å²) in [7, 11) is 1.38. The second kappa shape index (κ2) is 24.1. The molecule has 0 aliphatic rings. The molecular formula is C50H54N10O9S2. The number of aromatic nitrogens is 7. The van der Waals surface area contributed by atoms with Crippen LogP contribution in [0.5, 0.6) is 23.0 Å². The highest BCUT2D eigenvalue weighted by Crippen LogP contribution is 2.32. The smallest absolute Gasteiger partial charge is 0.343 e. The zero-order chi connectivity index (χ0) is 50.4.